The van der Waals surface area contributed by atoms with Gasteiger partial charge in [0.1, 0.15) is 10.7 Å². The van der Waals surface area contributed by atoms with E-state index in [1.54, 1.807) is 6.92 Å². The average molecular weight is 375 g/mol. The molecule has 2 rings (SSSR count). The maximum absolute atomic E-state index is 13.6. The summed E-state index contributed by atoms with van der Waals surface area (Å²) in [6, 6.07) is 5.39. The molecule has 0 saturated carbocycles. The first-order valence-corrected chi connectivity index (χ1v) is 8.03. The van der Waals surface area contributed by atoms with Crippen LogP contribution in [-0.2, 0) is 10.0 Å². The minimum atomic E-state index is -3.95. The highest BCUT2D eigenvalue weighted by Gasteiger charge is 2.20. The summed E-state index contributed by atoms with van der Waals surface area (Å²) in [4.78, 5) is 3.69. The predicted molar refractivity (Wildman–Crippen MR) is 81.7 cm³/mol. The van der Waals surface area contributed by atoms with Crippen molar-refractivity contribution in [1.29, 1.82) is 0 Å². The van der Waals surface area contributed by atoms with Gasteiger partial charge in [-0.3, -0.25) is 4.72 Å². The smallest absolute Gasteiger partial charge is 0.265 e. The van der Waals surface area contributed by atoms with Crippen LogP contribution in [-0.4, -0.2) is 13.4 Å². The molecule has 2 aromatic rings. The number of nitrogens with two attached hydrogens (primary N) is 1. The maximum atomic E-state index is 13.6. The van der Waals surface area contributed by atoms with Gasteiger partial charge in [-0.2, -0.15) is 0 Å². The zero-order valence-electron chi connectivity index (χ0n) is 10.9. The average Bonchev–Trinajstić information content (AvgIpc) is 2.44. The standard InChI is InChI=1S/C12H12BrFN4O2S/c1-7-5-8(13)9(14)6-10(7)18-21(19,20)11-3-2-4-16-12(11)17-15/h2-6,18H,15H2,1H3,(H,16,17). The Bertz CT molecular complexity index is 783. The van der Waals surface area contributed by atoms with Crippen molar-refractivity contribution in [3.63, 3.8) is 0 Å². The molecule has 0 aliphatic carbocycles. The molecule has 1 aromatic heterocycles. The Hall–Kier alpha value is -1.71. The Morgan fingerprint density at radius 1 is 1.38 bits per heavy atom. The molecule has 0 fully saturated rings. The number of benzene rings is 1. The summed E-state index contributed by atoms with van der Waals surface area (Å²) in [5.74, 6) is 4.68. The third kappa shape index (κ3) is 3.31. The number of hydrogen-bond donors (Lipinski definition) is 3. The summed E-state index contributed by atoms with van der Waals surface area (Å²) < 4.78 is 40.8. The van der Waals surface area contributed by atoms with Gasteiger partial charge in [0.2, 0.25) is 0 Å². The molecule has 0 radical (unpaired) electrons. The van der Waals surface area contributed by atoms with Crippen LogP contribution in [0, 0.1) is 12.7 Å². The number of hydrogen-bond acceptors (Lipinski definition) is 5. The van der Waals surface area contributed by atoms with E-state index in [1.165, 1.54) is 24.4 Å². The molecule has 0 amide bonds. The molecule has 112 valence electrons. The number of sulfonamides is 1. The molecule has 0 atom stereocenters. The largest absolute Gasteiger partial charge is 0.307 e. The molecular weight excluding hydrogens is 363 g/mol. The lowest BCUT2D eigenvalue weighted by Gasteiger charge is -2.13. The molecular formula is C12H12BrFN4O2S. The Balaban J connectivity index is 2.45. The lowest BCUT2D eigenvalue weighted by atomic mass is 10.2. The second-order valence-corrected chi connectivity index (χ2v) is 6.69. The van der Waals surface area contributed by atoms with E-state index in [4.69, 9.17) is 5.84 Å². The summed E-state index contributed by atoms with van der Waals surface area (Å²) in [5.41, 5.74) is 2.92. The van der Waals surface area contributed by atoms with Crippen molar-refractivity contribution in [1.82, 2.24) is 4.98 Å². The number of nitrogens with zero attached hydrogens (tertiary/aromatic N) is 1. The van der Waals surface area contributed by atoms with E-state index in [9.17, 15) is 12.8 Å². The number of aromatic nitrogens is 1. The van der Waals surface area contributed by atoms with Crippen molar-refractivity contribution in [3.8, 4) is 0 Å². The topological polar surface area (TPSA) is 97.1 Å². The van der Waals surface area contributed by atoms with Crippen LogP contribution < -0.4 is 16.0 Å². The molecule has 0 spiro atoms. The van der Waals surface area contributed by atoms with Crippen molar-refractivity contribution in [2.24, 2.45) is 5.84 Å². The second-order valence-electron chi connectivity index (χ2n) is 4.18. The molecule has 6 nitrogen and oxygen atoms in total. The van der Waals surface area contributed by atoms with Crippen molar-refractivity contribution < 1.29 is 12.8 Å². The molecule has 21 heavy (non-hydrogen) atoms. The van der Waals surface area contributed by atoms with E-state index < -0.39 is 15.8 Å². The number of nitrogens with one attached hydrogen (secondary N) is 2. The van der Waals surface area contributed by atoms with Crippen molar-refractivity contribution >= 4 is 37.5 Å². The van der Waals surface area contributed by atoms with Gasteiger partial charge in [0, 0.05) is 6.20 Å². The lowest BCUT2D eigenvalue weighted by molar-refractivity contribution is 0.601. The van der Waals surface area contributed by atoms with Crippen LogP contribution in [0.1, 0.15) is 5.56 Å². The van der Waals surface area contributed by atoms with Crippen LogP contribution in [0.25, 0.3) is 0 Å². The fraction of sp³-hybridized carbons (Fsp3) is 0.0833. The molecule has 0 aliphatic rings. The van der Waals surface area contributed by atoms with Gasteiger partial charge in [0.15, 0.2) is 5.82 Å². The van der Waals surface area contributed by atoms with E-state index in [2.05, 4.69) is 31.1 Å². The quantitative estimate of drug-likeness (QED) is 0.563. The van der Waals surface area contributed by atoms with E-state index in [-0.39, 0.29) is 20.9 Å². The number of rotatable bonds is 4. The van der Waals surface area contributed by atoms with Crippen LogP contribution in [0.2, 0.25) is 0 Å². The monoisotopic (exact) mass is 374 g/mol. The lowest BCUT2D eigenvalue weighted by Crippen LogP contribution is -2.19. The van der Waals surface area contributed by atoms with E-state index in [0.29, 0.717) is 5.56 Å². The molecule has 0 aliphatic heterocycles. The van der Waals surface area contributed by atoms with Gasteiger partial charge in [-0.1, -0.05) is 0 Å². The van der Waals surface area contributed by atoms with Crippen LogP contribution in [0.15, 0.2) is 39.8 Å². The molecule has 9 heteroatoms. The summed E-state index contributed by atoms with van der Waals surface area (Å²) in [5, 5.41) is 0. The minimum absolute atomic E-state index is 0.000219. The number of aryl methyl sites for hydroxylation is 1. The Kier molecular flexibility index (Phi) is 4.45. The molecule has 1 aromatic carbocycles. The molecule has 0 unspecified atom stereocenters. The molecule has 4 N–H and O–H groups in total. The number of pyridine rings is 1. The highest BCUT2D eigenvalue weighted by atomic mass is 79.9. The maximum Gasteiger partial charge on any atom is 0.265 e. The van der Waals surface area contributed by atoms with Gasteiger partial charge in [-0.15, -0.1) is 0 Å². The highest BCUT2D eigenvalue weighted by molar-refractivity contribution is 9.10. The van der Waals surface area contributed by atoms with Gasteiger partial charge < -0.3 is 5.43 Å². The summed E-state index contributed by atoms with van der Waals surface area (Å²) in [7, 11) is -3.95. The molecule has 1 heterocycles. The summed E-state index contributed by atoms with van der Waals surface area (Å²) in [6.45, 7) is 1.66. The Labute approximate surface area is 129 Å². The number of halogens is 2. The van der Waals surface area contributed by atoms with Gasteiger partial charge >= 0.3 is 0 Å². The van der Waals surface area contributed by atoms with Gasteiger partial charge in [-0.05, 0) is 52.7 Å². The fourth-order valence-electron chi connectivity index (χ4n) is 1.67. The number of nitrogen functional groups attached to an aromatic ring is 1. The first-order chi connectivity index (χ1) is 9.85. The third-order valence-corrected chi connectivity index (χ3v) is 4.71. The SMILES string of the molecule is Cc1cc(Br)c(F)cc1NS(=O)(=O)c1cccnc1NN. The van der Waals surface area contributed by atoms with Gasteiger partial charge in [0.25, 0.3) is 10.0 Å². The van der Waals surface area contributed by atoms with Gasteiger partial charge in [0.05, 0.1) is 10.2 Å². The van der Waals surface area contributed by atoms with Crippen LogP contribution in [0.5, 0.6) is 0 Å². The van der Waals surface area contributed by atoms with Gasteiger partial charge in [-0.25, -0.2) is 23.6 Å². The summed E-state index contributed by atoms with van der Waals surface area (Å²) >= 11 is 3.04. The minimum Gasteiger partial charge on any atom is -0.307 e. The van der Waals surface area contributed by atoms with Crippen LogP contribution in [0.4, 0.5) is 15.9 Å². The van der Waals surface area contributed by atoms with Crippen LogP contribution >= 0.6 is 15.9 Å². The first kappa shape index (κ1) is 15.7. The van der Waals surface area contributed by atoms with Crippen molar-refractivity contribution in [2.45, 2.75) is 11.8 Å². The zero-order chi connectivity index (χ0) is 15.6. The predicted octanol–water partition coefficient (Wildman–Crippen LogP) is 2.38. The zero-order valence-corrected chi connectivity index (χ0v) is 13.3. The Morgan fingerprint density at radius 2 is 2.10 bits per heavy atom. The highest BCUT2D eigenvalue weighted by Crippen LogP contribution is 2.27. The van der Waals surface area contributed by atoms with Crippen molar-refractivity contribution in [3.05, 3.63) is 46.3 Å². The molecule has 0 saturated heterocycles. The van der Waals surface area contributed by atoms with E-state index in [0.717, 1.165) is 6.07 Å². The van der Waals surface area contributed by atoms with E-state index >= 15 is 0 Å². The Morgan fingerprint density at radius 3 is 2.76 bits per heavy atom. The fourth-order valence-corrected chi connectivity index (χ4v) is 3.37. The van der Waals surface area contributed by atoms with Crippen LogP contribution in [0.3, 0.4) is 0 Å². The normalized spacial score (nSPS) is 11.2. The van der Waals surface area contributed by atoms with Crippen molar-refractivity contribution in [2.75, 3.05) is 10.1 Å². The number of hydrazine groups is 1. The first-order valence-electron chi connectivity index (χ1n) is 5.75. The second kappa shape index (κ2) is 5.96. The van der Waals surface area contributed by atoms with E-state index in [1.807, 2.05) is 0 Å². The number of anilines is 2. The summed E-state index contributed by atoms with van der Waals surface area (Å²) in [6.07, 6.45) is 1.40. The molecule has 0 bridgehead atoms. The third-order valence-electron chi connectivity index (χ3n) is 2.71.